The maximum atomic E-state index is 12.9. The number of nitrogens with one attached hydrogen (secondary N) is 1. The van der Waals surface area contributed by atoms with Crippen molar-refractivity contribution in [3.63, 3.8) is 0 Å². The third kappa shape index (κ3) is 4.77. The molecule has 142 valence electrons. The van der Waals surface area contributed by atoms with Crippen molar-refractivity contribution in [3.05, 3.63) is 70.9 Å². The number of carbonyl (C=O) groups is 1. The molecule has 3 rings (SSSR count). The van der Waals surface area contributed by atoms with E-state index in [9.17, 15) is 4.79 Å². The molecule has 0 aliphatic heterocycles. The zero-order valence-corrected chi connectivity index (χ0v) is 16.9. The van der Waals surface area contributed by atoms with E-state index in [-0.39, 0.29) is 12.0 Å². The Labute approximate surface area is 161 Å². The number of fused-ring (bicyclic) bond motifs is 1. The van der Waals surface area contributed by atoms with Crippen molar-refractivity contribution in [2.45, 2.75) is 32.9 Å². The summed E-state index contributed by atoms with van der Waals surface area (Å²) < 4.78 is 6.22. The number of aromatic amines is 1. The minimum absolute atomic E-state index is 0.166. The van der Waals surface area contributed by atoms with Gasteiger partial charge in [-0.05, 0) is 36.9 Å². The lowest BCUT2D eigenvalue weighted by molar-refractivity contribution is -0.887. The summed E-state index contributed by atoms with van der Waals surface area (Å²) in [5, 5.41) is 1.16. The molecule has 0 radical (unpaired) electrons. The fraction of sp³-hybridized carbons (Fsp3) is 0.348. The standard InChI is InChI=1S/C23H29N2O2/c1-16-10-17(2)12-18(11-16)15-27-23(26)22(25(3,4)5)14-20-13-19-8-6-7-9-21(19)24-20/h6-13,22,24H,14-15H2,1-5H3/q+1. The second-order valence-electron chi connectivity index (χ2n) is 8.32. The Kier molecular flexibility index (Phi) is 5.38. The summed E-state index contributed by atoms with van der Waals surface area (Å²) >= 11 is 0. The van der Waals surface area contributed by atoms with Crippen LogP contribution in [0.4, 0.5) is 0 Å². The van der Waals surface area contributed by atoms with Crippen LogP contribution in [0.25, 0.3) is 10.9 Å². The molecule has 27 heavy (non-hydrogen) atoms. The predicted molar refractivity (Wildman–Crippen MR) is 110 cm³/mol. The molecule has 4 heteroatoms. The Morgan fingerprint density at radius 2 is 1.70 bits per heavy atom. The average Bonchev–Trinajstić information content (AvgIpc) is 2.98. The van der Waals surface area contributed by atoms with E-state index in [0.29, 0.717) is 17.5 Å². The van der Waals surface area contributed by atoms with Gasteiger partial charge < -0.3 is 14.2 Å². The predicted octanol–water partition coefficient (Wildman–Crippen LogP) is 4.15. The smallest absolute Gasteiger partial charge is 0.365 e. The fourth-order valence-corrected chi connectivity index (χ4v) is 3.53. The van der Waals surface area contributed by atoms with Gasteiger partial charge in [-0.15, -0.1) is 0 Å². The molecule has 3 aromatic rings. The van der Waals surface area contributed by atoms with Gasteiger partial charge in [-0.1, -0.05) is 47.5 Å². The first-order valence-electron chi connectivity index (χ1n) is 9.34. The minimum Gasteiger partial charge on any atom is -0.456 e. The van der Waals surface area contributed by atoms with Gasteiger partial charge in [-0.25, -0.2) is 4.79 Å². The van der Waals surface area contributed by atoms with Crippen LogP contribution in [0.3, 0.4) is 0 Å². The molecule has 4 nitrogen and oxygen atoms in total. The molecule has 1 unspecified atom stereocenters. The lowest BCUT2D eigenvalue weighted by Gasteiger charge is -2.32. The van der Waals surface area contributed by atoms with Crippen LogP contribution in [0, 0.1) is 13.8 Å². The first-order chi connectivity index (χ1) is 12.7. The van der Waals surface area contributed by atoms with Crippen LogP contribution >= 0.6 is 0 Å². The largest absolute Gasteiger partial charge is 0.456 e. The molecule has 1 aromatic heterocycles. The summed E-state index contributed by atoms with van der Waals surface area (Å²) in [5.74, 6) is -0.166. The Morgan fingerprint density at radius 1 is 1.04 bits per heavy atom. The number of aryl methyl sites for hydroxylation is 2. The average molecular weight is 365 g/mol. The topological polar surface area (TPSA) is 42.1 Å². The minimum atomic E-state index is -0.274. The monoisotopic (exact) mass is 365 g/mol. The molecule has 1 heterocycles. The summed E-state index contributed by atoms with van der Waals surface area (Å²) in [6, 6.07) is 16.3. The molecule has 0 saturated heterocycles. The van der Waals surface area contributed by atoms with Crippen molar-refractivity contribution in [1.82, 2.24) is 4.98 Å². The molecular weight excluding hydrogens is 336 g/mol. The van der Waals surface area contributed by atoms with E-state index in [1.54, 1.807) is 0 Å². The number of H-pyrrole nitrogens is 1. The van der Waals surface area contributed by atoms with Gasteiger partial charge in [0, 0.05) is 11.2 Å². The van der Waals surface area contributed by atoms with Gasteiger partial charge in [0.2, 0.25) is 0 Å². The van der Waals surface area contributed by atoms with Crippen LogP contribution in [0.2, 0.25) is 0 Å². The van der Waals surface area contributed by atoms with Gasteiger partial charge in [-0.3, -0.25) is 0 Å². The van der Waals surface area contributed by atoms with Crippen molar-refractivity contribution in [2.24, 2.45) is 0 Å². The zero-order chi connectivity index (χ0) is 19.6. The number of benzene rings is 2. The summed E-state index contributed by atoms with van der Waals surface area (Å²) in [4.78, 5) is 16.3. The van der Waals surface area contributed by atoms with Crippen molar-refractivity contribution in [3.8, 4) is 0 Å². The van der Waals surface area contributed by atoms with E-state index in [0.717, 1.165) is 22.2 Å². The molecule has 1 atom stereocenters. The van der Waals surface area contributed by atoms with Crippen molar-refractivity contribution in [1.29, 1.82) is 0 Å². The highest BCUT2D eigenvalue weighted by atomic mass is 16.5. The van der Waals surface area contributed by atoms with Gasteiger partial charge in [-0.2, -0.15) is 0 Å². The SMILES string of the molecule is Cc1cc(C)cc(COC(=O)C(Cc2cc3ccccc3[nH]2)[N+](C)(C)C)c1. The Balaban J connectivity index is 1.74. The highest BCUT2D eigenvalue weighted by Crippen LogP contribution is 2.19. The van der Waals surface area contributed by atoms with E-state index in [1.807, 2.05) is 33.3 Å². The third-order valence-corrected chi connectivity index (χ3v) is 4.87. The van der Waals surface area contributed by atoms with Crippen molar-refractivity contribution < 1.29 is 14.0 Å². The number of hydrogen-bond donors (Lipinski definition) is 1. The Hall–Kier alpha value is -2.59. The summed E-state index contributed by atoms with van der Waals surface area (Å²) in [6.45, 7) is 4.43. The summed E-state index contributed by atoms with van der Waals surface area (Å²) in [6.07, 6.45) is 0.615. The molecule has 1 N–H and O–H groups in total. The van der Waals surface area contributed by atoms with Gasteiger partial charge in [0.1, 0.15) is 6.61 Å². The number of esters is 1. The number of hydrogen-bond acceptors (Lipinski definition) is 2. The number of para-hydroxylation sites is 1. The van der Waals surface area contributed by atoms with E-state index in [4.69, 9.17) is 4.74 Å². The first kappa shape index (κ1) is 19.2. The molecule has 0 amide bonds. The molecule has 0 spiro atoms. The normalized spacial score (nSPS) is 12.9. The number of aromatic nitrogens is 1. The number of ether oxygens (including phenoxy) is 1. The Morgan fingerprint density at radius 3 is 2.33 bits per heavy atom. The van der Waals surface area contributed by atoms with E-state index in [1.165, 1.54) is 11.1 Å². The number of quaternary nitrogens is 1. The second-order valence-corrected chi connectivity index (χ2v) is 8.32. The number of rotatable bonds is 6. The van der Waals surface area contributed by atoms with Gasteiger partial charge in [0.25, 0.3) is 0 Å². The van der Waals surface area contributed by atoms with Crippen LogP contribution in [0.15, 0.2) is 48.5 Å². The summed E-state index contributed by atoms with van der Waals surface area (Å²) in [5.41, 5.74) is 5.55. The highest BCUT2D eigenvalue weighted by Gasteiger charge is 2.33. The molecule has 2 aromatic carbocycles. The van der Waals surface area contributed by atoms with Crippen LogP contribution in [-0.2, 0) is 22.6 Å². The molecule has 0 bridgehead atoms. The molecule has 0 saturated carbocycles. The molecule has 0 aliphatic carbocycles. The molecule has 0 fully saturated rings. The number of carbonyl (C=O) groups excluding carboxylic acids is 1. The first-order valence-corrected chi connectivity index (χ1v) is 9.34. The Bertz CT molecular complexity index is 897. The number of nitrogens with zero attached hydrogens (tertiary/aromatic N) is 1. The van der Waals surface area contributed by atoms with E-state index < -0.39 is 0 Å². The lowest BCUT2D eigenvalue weighted by Crippen LogP contribution is -2.51. The van der Waals surface area contributed by atoms with Gasteiger partial charge in [0.05, 0.1) is 27.6 Å². The van der Waals surface area contributed by atoms with E-state index in [2.05, 4.69) is 55.2 Å². The summed E-state index contributed by atoms with van der Waals surface area (Å²) in [7, 11) is 6.10. The van der Waals surface area contributed by atoms with E-state index >= 15 is 0 Å². The van der Waals surface area contributed by atoms with Crippen LogP contribution in [-0.4, -0.2) is 42.6 Å². The van der Waals surface area contributed by atoms with Crippen molar-refractivity contribution in [2.75, 3.05) is 21.1 Å². The van der Waals surface area contributed by atoms with Crippen LogP contribution in [0.1, 0.15) is 22.4 Å². The number of likely N-dealkylation sites (N-methyl/N-ethyl adjacent to an activating group) is 1. The lowest BCUT2D eigenvalue weighted by atomic mass is 10.1. The highest BCUT2D eigenvalue weighted by molar-refractivity contribution is 5.81. The zero-order valence-electron chi connectivity index (χ0n) is 16.9. The fourth-order valence-electron chi connectivity index (χ4n) is 3.53. The third-order valence-electron chi connectivity index (χ3n) is 4.87. The van der Waals surface area contributed by atoms with Crippen molar-refractivity contribution >= 4 is 16.9 Å². The maximum absolute atomic E-state index is 12.9. The second kappa shape index (κ2) is 7.57. The quantitative estimate of drug-likeness (QED) is 0.527. The molecule has 0 aliphatic rings. The van der Waals surface area contributed by atoms with Crippen LogP contribution < -0.4 is 0 Å². The van der Waals surface area contributed by atoms with Gasteiger partial charge in [0.15, 0.2) is 6.04 Å². The van der Waals surface area contributed by atoms with Gasteiger partial charge >= 0.3 is 5.97 Å². The molecular formula is C23H29N2O2+. The van der Waals surface area contributed by atoms with Crippen LogP contribution in [0.5, 0.6) is 0 Å². The maximum Gasteiger partial charge on any atom is 0.365 e.